The van der Waals surface area contributed by atoms with E-state index >= 15 is 0 Å². The molecule has 0 bridgehead atoms. The number of nitrogens with zero attached hydrogens (tertiary/aromatic N) is 3. The van der Waals surface area contributed by atoms with E-state index in [4.69, 9.17) is 0 Å². The summed E-state index contributed by atoms with van der Waals surface area (Å²) < 4.78 is 1.74. The van der Waals surface area contributed by atoms with Gasteiger partial charge < -0.3 is 10.6 Å². The van der Waals surface area contributed by atoms with Crippen LogP contribution in [0.3, 0.4) is 0 Å². The number of amides is 2. The van der Waals surface area contributed by atoms with Gasteiger partial charge in [-0.2, -0.15) is 5.10 Å². The number of pyridine rings is 1. The molecule has 0 unspecified atom stereocenters. The number of nitrogens with one attached hydrogen (secondary N) is 2. The van der Waals surface area contributed by atoms with Gasteiger partial charge in [0.1, 0.15) is 0 Å². The standard InChI is InChI=1S/C22H25N5O2/c1-13(2)24-22(29)19-8-7-18(10-14(19)3)25-21(28)17-6-9-20(23-12-17)27-16(5)11-15(4)26-27/h6-13H,1-5H3,(H,24,29)(H,25,28). The molecule has 0 fully saturated rings. The Morgan fingerprint density at radius 3 is 2.31 bits per heavy atom. The Hall–Kier alpha value is -3.48. The lowest BCUT2D eigenvalue weighted by molar-refractivity contribution is 0.0942. The lowest BCUT2D eigenvalue weighted by atomic mass is 10.1. The van der Waals surface area contributed by atoms with Crippen molar-refractivity contribution in [2.45, 2.75) is 40.7 Å². The Kier molecular flexibility index (Phi) is 5.77. The van der Waals surface area contributed by atoms with Gasteiger partial charge in [-0.1, -0.05) is 0 Å². The summed E-state index contributed by atoms with van der Waals surface area (Å²) in [4.78, 5) is 29.1. The molecule has 7 heteroatoms. The highest BCUT2D eigenvalue weighted by atomic mass is 16.2. The Morgan fingerprint density at radius 1 is 1.00 bits per heavy atom. The molecule has 0 saturated heterocycles. The zero-order chi connectivity index (χ0) is 21.1. The third-order valence-electron chi connectivity index (χ3n) is 4.39. The number of carbonyl (C=O) groups is 2. The molecule has 3 rings (SSSR count). The van der Waals surface area contributed by atoms with E-state index in [1.54, 1.807) is 35.0 Å². The van der Waals surface area contributed by atoms with E-state index < -0.39 is 0 Å². The van der Waals surface area contributed by atoms with E-state index in [2.05, 4.69) is 20.7 Å². The average Bonchev–Trinajstić information content (AvgIpc) is 2.99. The summed E-state index contributed by atoms with van der Waals surface area (Å²) in [5.41, 5.74) is 4.33. The molecular weight excluding hydrogens is 366 g/mol. The third-order valence-corrected chi connectivity index (χ3v) is 4.39. The maximum atomic E-state index is 12.6. The van der Waals surface area contributed by atoms with Crippen molar-refractivity contribution in [3.63, 3.8) is 0 Å². The number of hydrogen-bond acceptors (Lipinski definition) is 4. The molecule has 3 aromatic rings. The van der Waals surface area contributed by atoms with Crippen molar-refractivity contribution >= 4 is 17.5 Å². The average molecular weight is 391 g/mol. The largest absolute Gasteiger partial charge is 0.350 e. The highest BCUT2D eigenvalue weighted by Crippen LogP contribution is 2.17. The van der Waals surface area contributed by atoms with Crippen LogP contribution in [0.1, 0.15) is 51.5 Å². The van der Waals surface area contributed by atoms with Gasteiger partial charge in [-0.25, -0.2) is 9.67 Å². The van der Waals surface area contributed by atoms with E-state index in [0.717, 1.165) is 17.0 Å². The summed E-state index contributed by atoms with van der Waals surface area (Å²) in [5.74, 6) is 0.263. The summed E-state index contributed by atoms with van der Waals surface area (Å²) >= 11 is 0. The zero-order valence-electron chi connectivity index (χ0n) is 17.3. The lowest BCUT2D eigenvalue weighted by Gasteiger charge is -2.12. The summed E-state index contributed by atoms with van der Waals surface area (Å²) in [6.45, 7) is 9.54. The second-order valence-corrected chi connectivity index (χ2v) is 7.36. The predicted molar refractivity (Wildman–Crippen MR) is 113 cm³/mol. The fourth-order valence-electron chi connectivity index (χ4n) is 3.05. The van der Waals surface area contributed by atoms with Crippen LogP contribution in [0.2, 0.25) is 0 Å². The molecule has 2 amide bonds. The van der Waals surface area contributed by atoms with Crippen LogP contribution in [0.15, 0.2) is 42.6 Å². The molecule has 7 nitrogen and oxygen atoms in total. The van der Waals surface area contributed by atoms with Crippen LogP contribution in [-0.4, -0.2) is 32.6 Å². The first-order valence-corrected chi connectivity index (χ1v) is 9.47. The van der Waals surface area contributed by atoms with Crippen molar-refractivity contribution in [3.8, 4) is 5.82 Å². The molecule has 0 spiro atoms. The second kappa shape index (κ2) is 8.26. The Balaban J connectivity index is 1.72. The minimum Gasteiger partial charge on any atom is -0.350 e. The highest BCUT2D eigenvalue weighted by molar-refractivity contribution is 6.04. The molecule has 1 aromatic carbocycles. The molecule has 0 aliphatic carbocycles. The predicted octanol–water partition coefficient (Wildman–Crippen LogP) is 3.58. The zero-order valence-corrected chi connectivity index (χ0v) is 17.3. The van der Waals surface area contributed by atoms with E-state index in [1.807, 2.05) is 40.7 Å². The third kappa shape index (κ3) is 4.68. The van der Waals surface area contributed by atoms with Crippen molar-refractivity contribution < 1.29 is 9.59 Å². The minimum absolute atomic E-state index is 0.0613. The SMILES string of the molecule is Cc1cc(C)n(-c2ccc(C(=O)Nc3ccc(C(=O)NC(C)C)c(C)c3)cn2)n1. The Labute approximate surface area is 170 Å². The van der Waals surface area contributed by atoms with Crippen LogP contribution in [0, 0.1) is 20.8 Å². The number of carbonyl (C=O) groups excluding carboxylic acids is 2. The van der Waals surface area contributed by atoms with Crippen molar-refractivity contribution in [1.82, 2.24) is 20.1 Å². The molecule has 0 radical (unpaired) electrons. The molecule has 150 valence electrons. The molecule has 29 heavy (non-hydrogen) atoms. The maximum absolute atomic E-state index is 12.6. The Bertz CT molecular complexity index is 1050. The van der Waals surface area contributed by atoms with Crippen molar-refractivity contribution in [1.29, 1.82) is 0 Å². The van der Waals surface area contributed by atoms with Gasteiger partial charge in [0, 0.05) is 29.2 Å². The van der Waals surface area contributed by atoms with Gasteiger partial charge in [0.15, 0.2) is 5.82 Å². The lowest BCUT2D eigenvalue weighted by Crippen LogP contribution is -2.30. The van der Waals surface area contributed by atoms with Crippen molar-refractivity contribution in [3.05, 3.63) is 70.7 Å². The van der Waals surface area contributed by atoms with Gasteiger partial charge in [0.25, 0.3) is 11.8 Å². The molecule has 2 heterocycles. The van der Waals surface area contributed by atoms with Crippen LogP contribution in [-0.2, 0) is 0 Å². The van der Waals surface area contributed by atoms with Crippen LogP contribution < -0.4 is 10.6 Å². The molecule has 0 aliphatic rings. The van der Waals surface area contributed by atoms with Crippen LogP contribution >= 0.6 is 0 Å². The van der Waals surface area contributed by atoms with Gasteiger partial charge in [-0.15, -0.1) is 0 Å². The van der Waals surface area contributed by atoms with Crippen LogP contribution in [0.5, 0.6) is 0 Å². The van der Waals surface area contributed by atoms with Crippen LogP contribution in [0.25, 0.3) is 5.82 Å². The number of aryl methyl sites for hydroxylation is 3. The van der Waals surface area contributed by atoms with Gasteiger partial charge in [0.2, 0.25) is 0 Å². The molecule has 0 atom stereocenters. The minimum atomic E-state index is -0.267. The molecule has 2 aromatic heterocycles. The summed E-state index contributed by atoms with van der Waals surface area (Å²) in [6, 6.07) is 10.7. The van der Waals surface area contributed by atoms with Crippen molar-refractivity contribution in [2.24, 2.45) is 0 Å². The summed E-state index contributed by atoms with van der Waals surface area (Å²) in [7, 11) is 0. The first kappa shape index (κ1) is 20.3. The number of anilines is 1. The van der Waals surface area contributed by atoms with Gasteiger partial charge in [0.05, 0.1) is 11.3 Å². The second-order valence-electron chi connectivity index (χ2n) is 7.36. The van der Waals surface area contributed by atoms with E-state index in [1.165, 1.54) is 6.20 Å². The van der Waals surface area contributed by atoms with Gasteiger partial charge in [-0.05, 0) is 76.6 Å². The topological polar surface area (TPSA) is 88.9 Å². The van der Waals surface area contributed by atoms with Gasteiger partial charge >= 0.3 is 0 Å². The smallest absolute Gasteiger partial charge is 0.257 e. The molecular formula is C22H25N5O2. The van der Waals surface area contributed by atoms with E-state index in [9.17, 15) is 9.59 Å². The first-order chi connectivity index (χ1) is 13.7. The number of aromatic nitrogens is 3. The summed E-state index contributed by atoms with van der Waals surface area (Å²) in [6.07, 6.45) is 1.53. The molecule has 0 aliphatic heterocycles. The van der Waals surface area contributed by atoms with E-state index in [-0.39, 0.29) is 17.9 Å². The fraction of sp³-hybridized carbons (Fsp3) is 0.273. The Morgan fingerprint density at radius 2 is 1.76 bits per heavy atom. The normalized spacial score (nSPS) is 10.8. The molecule has 2 N–H and O–H groups in total. The number of rotatable bonds is 5. The van der Waals surface area contributed by atoms with Gasteiger partial charge in [-0.3, -0.25) is 9.59 Å². The fourth-order valence-corrected chi connectivity index (χ4v) is 3.05. The highest BCUT2D eigenvalue weighted by Gasteiger charge is 2.13. The number of hydrogen-bond donors (Lipinski definition) is 2. The maximum Gasteiger partial charge on any atom is 0.257 e. The monoisotopic (exact) mass is 391 g/mol. The van der Waals surface area contributed by atoms with E-state index in [0.29, 0.717) is 22.6 Å². The van der Waals surface area contributed by atoms with Crippen molar-refractivity contribution in [2.75, 3.05) is 5.32 Å². The quantitative estimate of drug-likeness (QED) is 0.696. The molecule has 0 saturated carbocycles. The first-order valence-electron chi connectivity index (χ1n) is 9.47. The number of benzene rings is 1. The summed E-state index contributed by atoms with van der Waals surface area (Å²) in [5, 5.41) is 10.1. The van der Waals surface area contributed by atoms with Crippen LogP contribution in [0.4, 0.5) is 5.69 Å².